The Morgan fingerprint density at radius 2 is 0.878 bits per heavy atom. The highest BCUT2D eigenvalue weighted by Gasteiger charge is 2.20. The number of carbonyl (C=O) groups excluding carboxylic acids is 3. The summed E-state index contributed by atoms with van der Waals surface area (Å²) in [6.07, 6.45) is 44.6. The summed E-state index contributed by atoms with van der Waals surface area (Å²) < 4.78 is 4.93. The second-order valence-electron chi connectivity index (χ2n) is 14.2. The molecule has 0 rings (SSSR count). The van der Waals surface area contributed by atoms with E-state index in [0.717, 1.165) is 51.4 Å². The van der Waals surface area contributed by atoms with Gasteiger partial charge in [-0.3, -0.25) is 9.59 Å². The molecule has 0 saturated heterocycles. The average Bonchev–Trinajstić information content (AvgIpc) is 3.10. The molecule has 2 N–H and O–H groups in total. The van der Waals surface area contributed by atoms with Gasteiger partial charge in [0, 0.05) is 19.4 Å². The van der Waals surface area contributed by atoms with Crippen LogP contribution in [-0.4, -0.2) is 37.5 Å². The Morgan fingerprint density at radius 3 is 1.31 bits per heavy atom. The lowest BCUT2D eigenvalue weighted by atomic mass is 10.1. The van der Waals surface area contributed by atoms with Crippen LogP contribution in [0.5, 0.6) is 0 Å². The van der Waals surface area contributed by atoms with Gasteiger partial charge in [0.1, 0.15) is 6.04 Å². The van der Waals surface area contributed by atoms with Gasteiger partial charge >= 0.3 is 5.97 Å². The second-order valence-corrected chi connectivity index (χ2v) is 14.2. The Labute approximate surface area is 303 Å². The highest BCUT2D eigenvalue weighted by molar-refractivity contribution is 5.84. The molecule has 0 spiro atoms. The fraction of sp³-hybridized carbons (Fsp3) is 0.837. The second kappa shape index (κ2) is 38.7. The Kier molecular flexibility index (Phi) is 37.0. The fourth-order valence-corrected chi connectivity index (χ4v) is 6.16. The van der Waals surface area contributed by atoms with E-state index in [1.165, 1.54) is 136 Å². The van der Waals surface area contributed by atoms with Crippen LogP contribution >= 0.6 is 0 Å². The topological polar surface area (TPSA) is 84.5 Å². The van der Waals surface area contributed by atoms with E-state index in [9.17, 15) is 14.4 Å². The van der Waals surface area contributed by atoms with Crippen LogP contribution in [0.2, 0.25) is 0 Å². The molecule has 1 unspecified atom stereocenters. The first-order valence-electron chi connectivity index (χ1n) is 21.0. The summed E-state index contributed by atoms with van der Waals surface area (Å²) >= 11 is 0. The van der Waals surface area contributed by atoms with Gasteiger partial charge in [-0.1, -0.05) is 141 Å². The van der Waals surface area contributed by atoms with E-state index < -0.39 is 12.0 Å². The lowest BCUT2D eigenvalue weighted by molar-refractivity contribution is -0.145. The molecule has 6 nitrogen and oxygen atoms in total. The van der Waals surface area contributed by atoms with Crippen LogP contribution in [0.1, 0.15) is 213 Å². The lowest BCUT2D eigenvalue weighted by Crippen LogP contribution is -2.41. The van der Waals surface area contributed by atoms with Crippen molar-refractivity contribution < 1.29 is 19.1 Å². The number of amides is 2. The van der Waals surface area contributed by atoms with Gasteiger partial charge in [-0.05, 0) is 83.5 Å². The standard InChI is InChI=1S/C43H80N2O4/c1-4-6-8-10-12-14-16-18-20-22-24-26-28-30-32-37-41(46)44-39-35-34-36-40(43(48)49-3)45-42(47)38-33-31-29-27-25-23-21-19-17-15-13-11-9-7-5-2/h18-21,40H,4-17,22-39H2,1-3H3,(H,44,46)(H,45,47)/b20-18+,21-19+. The minimum absolute atomic E-state index is 0.0821. The van der Waals surface area contributed by atoms with Crippen LogP contribution in [0, 0.1) is 0 Å². The highest BCUT2D eigenvalue weighted by atomic mass is 16.5. The first kappa shape index (κ1) is 46.9. The third-order valence-corrected chi connectivity index (χ3v) is 9.39. The average molecular weight is 689 g/mol. The smallest absolute Gasteiger partial charge is 0.328 e. The van der Waals surface area contributed by atoms with Crippen molar-refractivity contribution in [1.29, 1.82) is 0 Å². The summed E-state index contributed by atoms with van der Waals surface area (Å²) in [5.74, 6) is -0.372. The SMILES string of the molecule is CCCCCCCC/C=C/CCCCCCCC(=O)NCCCCC(NC(=O)CCCCCCC/C=C/CCCCCCCC)C(=O)OC. The summed E-state index contributed by atoms with van der Waals surface area (Å²) in [6.45, 7) is 5.12. The monoisotopic (exact) mass is 689 g/mol. The molecule has 0 aliphatic carbocycles. The molecule has 6 heteroatoms. The van der Waals surface area contributed by atoms with E-state index in [-0.39, 0.29) is 11.8 Å². The van der Waals surface area contributed by atoms with Gasteiger partial charge in [0.15, 0.2) is 0 Å². The summed E-state index contributed by atoms with van der Waals surface area (Å²) in [5, 5.41) is 5.88. The Hall–Kier alpha value is -2.11. The predicted molar refractivity (Wildman–Crippen MR) is 210 cm³/mol. The molecule has 1 atom stereocenters. The largest absolute Gasteiger partial charge is 0.467 e. The predicted octanol–water partition coefficient (Wildman–Crippen LogP) is 12.0. The van der Waals surface area contributed by atoms with Gasteiger partial charge in [-0.15, -0.1) is 0 Å². The van der Waals surface area contributed by atoms with Crippen LogP contribution < -0.4 is 10.6 Å². The molecule has 0 radical (unpaired) electrons. The van der Waals surface area contributed by atoms with Gasteiger partial charge in [0.05, 0.1) is 7.11 Å². The molecule has 0 saturated carbocycles. The quantitative estimate of drug-likeness (QED) is 0.0386. The van der Waals surface area contributed by atoms with Crippen molar-refractivity contribution >= 4 is 17.8 Å². The van der Waals surface area contributed by atoms with Gasteiger partial charge in [-0.25, -0.2) is 4.79 Å². The zero-order valence-corrected chi connectivity index (χ0v) is 32.6. The van der Waals surface area contributed by atoms with Crippen molar-refractivity contribution in [2.45, 2.75) is 219 Å². The number of ether oxygens (including phenoxy) is 1. The van der Waals surface area contributed by atoms with Gasteiger partial charge in [-0.2, -0.15) is 0 Å². The highest BCUT2D eigenvalue weighted by Crippen LogP contribution is 2.12. The number of unbranched alkanes of at least 4 members (excludes halogenated alkanes) is 23. The zero-order valence-electron chi connectivity index (χ0n) is 32.6. The molecule has 0 bridgehead atoms. The molecular formula is C43H80N2O4. The van der Waals surface area contributed by atoms with Crippen LogP contribution in [0.15, 0.2) is 24.3 Å². The van der Waals surface area contributed by atoms with Gasteiger partial charge in [0.2, 0.25) is 11.8 Å². The molecule has 0 aliphatic heterocycles. The van der Waals surface area contributed by atoms with Gasteiger partial charge < -0.3 is 15.4 Å². The number of nitrogens with one attached hydrogen (secondary N) is 2. The number of hydrogen-bond donors (Lipinski definition) is 2. The number of carbonyl (C=O) groups is 3. The van der Waals surface area contributed by atoms with Crippen LogP contribution in [0.4, 0.5) is 0 Å². The van der Waals surface area contributed by atoms with E-state index in [0.29, 0.717) is 25.8 Å². The van der Waals surface area contributed by atoms with Crippen molar-refractivity contribution in [1.82, 2.24) is 10.6 Å². The molecule has 0 aromatic carbocycles. The maximum atomic E-state index is 12.5. The van der Waals surface area contributed by atoms with Crippen molar-refractivity contribution in [3.8, 4) is 0 Å². The molecular weight excluding hydrogens is 608 g/mol. The summed E-state index contributed by atoms with van der Waals surface area (Å²) in [5.41, 5.74) is 0. The molecule has 0 aromatic rings. The first-order valence-corrected chi connectivity index (χ1v) is 21.0. The maximum Gasteiger partial charge on any atom is 0.328 e. The molecule has 0 fully saturated rings. The van der Waals surface area contributed by atoms with Crippen molar-refractivity contribution in [3.63, 3.8) is 0 Å². The Bertz CT molecular complexity index is 810. The third kappa shape index (κ3) is 35.5. The molecule has 49 heavy (non-hydrogen) atoms. The van der Waals surface area contributed by atoms with Gasteiger partial charge in [0.25, 0.3) is 0 Å². The van der Waals surface area contributed by atoms with E-state index in [4.69, 9.17) is 4.74 Å². The molecule has 2 amide bonds. The van der Waals surface area contributed by atoms with Crippen LogP contribution in [-0.2, 0) is 19.1 Å². The van der Waals surface area contributed by atoms with Crippen molar-refractivity contribution in [3.05, 3.63) is 24.3 Å². The first-order chi connectivity index (χ1) is 24.0. The number of allylic oxidation sites excluding steroid dienone is 4. The van der Waals surface area contributed by atoms with E-state index in [2.05, 4.69) is 48.8 Å². The van der Waals surface area contributed by atoms with E-state index in [1.54, 1.807) is 0 Å². The summed E-state index contributed by atoms with van der Waals surface area (Å²) in [6, 6.07) is -0.618. The van der Waals surface area contributed by atoms with Crippen molar-refractivity contribution in [2.75, 3.05) is 13.7 Å². The number of esters is 1. The summed E-state index contributed by atoms with van der Waals surface area (Å²) in [7, 11) is 1.36. The molecule has 0 aliphatic rings. The third-order valence-electron chi connectivity index (χ3n) is 9.39. The van der Waals surface area contributed by atoms with Crippen LogP contribution in [0.25, 0.3) is 0 Å². The van der Waals surface area contributed by atoms with Crippen LogP contribution in [0.3, 0.4) is 0 Å². The lowest BCUT2D eigenvalue weighted by Gasteiger charge is -2.16. The Morgan fingerprint density at radius 1 is 0.490 bits per heavy atom. The Balaban J connectivity index is 3.74. The number of methoxy groups -OCH3 is 1. The minimum Gasteiger partial charge on any atom is -0.467 e. The normalized spacial score (nSPS) is 12.1. The maximum absolute atomic E-state index is 12.5. The molecule has 0 heterocycles. The minimum atomic E-state index is -0.618. The summed E-state index contributed by atoms with van der Waals surface area (Å²) in [4.78, 5) is 36.9. The molecule has 286 valence electrons. The molecule has 0 aromatic heterocycles. The number of rotatable bonds is 37. The van der Waals surface area contributed by atoms with Crippen molar-refractivity contribution in [2.24, 2.45) is 0 Å². The number of hydrogen-bond acceptors (Lipinski definition) is 4. The van der Waals surface area contributed by atoms with E-state index in [1.807, 2.05) is 0 Å². The fourth-order valence-electron chi connectivity index (χ4n) is 6.16. The zero-order chi connectivity index (χ0) is 35.9. The van der Waals surface area contributed by atoms with E-state index >= 15 is 0 Å².